The monoisotopic (exact) mass is 351 g/mol. The minimum atomic E-state index is -0.681. The maximum Gasteiger partial charge on any atom is 0.256 e. The Hall–Kier alpha value is -2.41. The molecule has 0 heterocycles. The molecule has 0 unspecified atom stereocenters. The number of carbonyl (C=O) groups is 1. The van der Waals surface area contributed by atoms with E-state index in [4.69, 9.17) is 10.9 Å². The zero-order chi connectivity index (χ0) is 15.4. The third-order valence-electron chi connectivity index (χ3n) is 2.74. The highest BCUT2D eigenvalue weighted by molar-refractivity contribution is 9.10. The molecule has 0 bridgehead atoms. The first kappa shape index (κ1) is 15.0. The molecule has 0 spiro atoms. The van der Waals surface area contributed by atoms with E-state index in [1.807, 2.05) is 0 Å². The summed E-state index contributed by atoms with van der Waals surface area (Å²) in [7, 11) is 0. The van der Waals surface area contributed by atoms with E-state index in [0.717, 1.165) is 6.07 Å². The molecule has 0 aliphatic heterocycles. The molecule has 0 aliphatic rings. The second kappa shape index (κ2) is 6.36. The zero-order valence-corrected chi connectivity index (χ0v) is 12.3. The molecule has 108 valence electrons. The third-order valence-corrected chi connectivity index (χ3v) is 3.43. The molecule has 2 rings (SSSR count). The molecule has 2 aromatic carbocycles. The maximum atomic E-state index is 13.9. The molecule has 0 aromatic heterocycles. The molecule has 1 amide bonds. The summed E-state index contributed by atoms with van der Waals surface area (Å²) in [4.78, 5) is 12.1. The molecule has 4 N–H and O–H groups in total. The van der Waals surface area contributed by atoms with Gasteiger partial charge in [-0.1, -0.05) is 17.3 Å². The van der Waals surface area contributed by atoms with Crippen LogP contribution in [0.3, 0.4) is 0 Å². The van der Waals surface area contributed by atoms with Crippen LogP contribution in [-0.2, 0) is 0 Å². The van der Waals surface area contributed by atoms with Gasteiger partial charge in [0.05, 0.1) is 11.3 Å². The van der Waals surface area contributed by atoms with Crippen molar-refractivity contribution in [1.29, 1.82) is 0 Å². The lowest BCUT2D eigenvalue weighted by atomic mass is 10.1. The number of oxime groups is 1. The van der Waals surface area contributed by atoms with E-state index in [0.29, 0.717) is 10.0 Å². The van der Waals surface area contributed by atoms with Gasteiger partial charge in [-0.25, -0.2) is 4.39 Å². The molecule has 21 heavy (non-hydrogen) atoms. The number of anilines is 1. The van der Waals surface area contributed by atoms with Gasteiger partial charge in [0.15, 0.2) is 5.84 Å². The average Bonchev–Trinajstić information content (AvgIpc) is 2.48. The third kappa shape index (κ3) is 3.38. The number of nitrogens with two attached hydrogens (primary N) is 1. The number of hydrogen-bond acceptors (Lipinski definition) is 3. The second-order valence-electron chi connectivity index (χ2n) is 4.11. The minimum Gasteiger partial charge on any atom is -0.409 e. The highest BCUT2D eigenvalue weighted by Crippen LogP contribution is 2.20. The van der Waals surface area contributed by atoms with E-state index >= 15 is 0 Å². The fraction of sp³-hybridized carbons (Fsp3) is 0. The first-order valence-corrected chi connectivity index (χ1v) is 6.65. The van der Waals surface area contributed by atoms with Crippen molar-refractivity contribution >= 4 is 33.4 Å². The summed E-state index contributed by atoms with van der Waals surface area (Å²) >= 11 is 3.25. The number of nitrogens with one attached hydrogen (secondary N) is 1. The summed E-state index contributed by atoms with van der Waals surface area (Å²) in [6, 6.07) is 10.7. The van der Waals surface area contributed by atoms with Crippen molar-refractivity contribution in [3.8, 4) is 0 Å². The Labute approximate surface area is 128 Å². The minimum absolute atomic E-state index is 0.00485. The summed E-state index contributed by atoms with van der Waals surface area (Å²) < 4.78 is 14.5. The second-order valence-corrected chi connectivity index (χ2v) is 4.97. The Bertz CT molecular complexity index is 719. The quantitative estimate of drug-likeness (QED) is 0.344. The Balaban J connectivity index is 2.25. The molecule has 0 saturated heterocycles. The van der Waals surface area contributed by atoms with Crippen molar-refractivity contribution in [2.75, 3.05) is 5.32 Å². The van der Waals surface area contributed by atoms with Crippen LogP contribution in [0.1, 0.15) is 15.9 Å². The Morgan fingerprint density at radius 2 is 2.00 bits per heavy atom. The lowest BCUT2D eigenvalue weighted by Gasteiger charge is -2.09. The van der Waals surface area contributed by atoms with Gasteiger partial charge in [-0.3, -0.25) is 4.79 Å². The Kier molecular flexibility index (Phi) is 4.54. The number of carbonyl (C=O) groups excluding carboxylic acids is 1. The Morgan fingerprint density at radius 1 is 1.29 bits per heavy atom. The maximum absolute atomic E-state index is 13.9. The molecular formula is C14H11BrFN3O2. The van der Waals surface area contributed by atoms with Crippen LogP contribution in [-0.4, -0.2) is 17.0 Å². The molecule has 0 aliphatic carbocycles. The van der Waals surface area contributed by atoms with Crippen LogP contribution in [0.15, 0.2) is 52.1 Å². The highest BCUT2D eigenvalue weighted by atomic mass is 79.9. The molecule has 0 saturated carbocycles. The van der Waals surface area contributed by atoms with E-state index in [9.17, 15) is 9.18 Å². The topological polar surface area (TPSA) is 87.7 Å². The molecule has 7 heteroatoms. The van der Waals surface area contributed by atoms with Crippen LogP contribution < -0.4 is 11.1 Å². The Morgan fingerprint density at radius 3 is 2.62 bits per heavy atom. The van der Waals surface area contributed by atoms with Gasteiger partial charge in [0.1, 0.15) is 5.82 Å². The standard InChI is InChI=1S/C14H11BrFN3O2/c15-10-4-2-1-3-9(10)14(20)18-12-6-5-8(7-11(12)16)13(17)19-21/h1-7,21H,(H2,17,19)(H,18,20). The van der Waals surface area contributed by atoms with Crippen LogP contribution in [0.25, 0.3) is 0 Å². The molecular weight excluding hydrogens is 341 g/mol. The van der Waals surface area contributed by atoms with Crippen molar-refractivity contribution in [2.24, 2.45) is 10.9 Å². The van der Waals surface area contributed by atoms with E-state index in [2.05, 4.69) is 26.4 Å². The fourth-order valence-electron chi connectivity index (χ4n) is 1.67. The van der Waals surface area contributed by atoms with E-state index in [1.54, 1.807) is 24.3 Å². The largest absolute Gasteiger partial charge is 0.409 e. The van der Waals surface area contributed by atoms with Gasteiger partial charge in [-0.2, -0.15) is 0 Å². The summed E-state index contributed by atoms with van der Waals surface area (Å²) in [6.07, 6.45) is 0. The number of nitrogens with zero attached hydrogens (tertiary/aromatic N) is 1. The molecule has 0 radical (unpaired) electrons. The van der Waals surface area contributed by atoms with Crippen molar-refractivity contribution in [2.45, 2.75) is 0 Å². The molecule has 2 aromatic rings. The van der Waals surface area contributed by atoms with Crippen LogP contribution in [0.2, 0.25) is 0 Å². The van der Waals surface area contributed by atoms with Gasteiger partial charge < -0.3 is 16.3 Å². The number of benzene rings is 2. The normalized spacial score (nSPS) is 11.2. The summed E-state index contributed by atoms with van der Waals surface area (Å²) in [5.74, 6) is -1.34. The van der Waals surface area contributed by atoms with E-state index < -0.39 is 11.7 Å². The number of halogens is 2. The number of amides is 1. The SMILES string of the molecule is N/C(=N/O)c1ccc(NC(=O)c2ccccc2Br)c(F)c1. The number of hydrogen-bond donors (Lipinski definition) is 3. The molecule has 0 fully saturated rings. The van der Waals surface area contributed by atoms with Gasteiger partial charge >= 0.3 is 0 Å². The fourth-order valence-corrected chi connectivity index (χ4v) is 2.13. The first-order chi connectivity index (χ1) is 10.0. The van der Waals surface area contributed by atoms with Crippen molar-refractivity contribution in [3.63, 3.8) is 0 Å². The van der Waals surface area contributed by atoms with Crippen LogP contribution >= 0.6 is 15.9 Å². The number of amidine groups is 1. The van der Waals surface area contributed by atoms with Crippen molar-refractivity contribution < 1.29 is 14.4 Å². The lowest BCUT2D eigenvalue weighted by molar-refractivity contribution is 0.102. The summed E-state index contributed by atoms with van der Waals surface area (Å²) in [5.41, 5.74) is 5.97. The van der Waals surface area contributed by atoms with Gasteiger partial charge in [-0.05, 0) is 46.3 Å². The van der Waals surface area contributed by atoms with Gasteiger partial charge in [-0.15, -0.1) is 0 Å². The predicted octanol–water partition coefficient (Wildman–Crippen LogP) is 2.94. The van der Waals surface area contributed by atoms with Gasteiger partial charge in [0, 0.05) is 10.0 Å². The smallest absolute Gasteiger partial charge is 0.256 e. The van der Waals surface area contributed by atoms with Crippen LogP contribution in [0, 0.1) is 5.82 Å². The first-order valence-electron chi connectivity index (χ1n) is 5.86. The van der Waals surface area contributed by atoms with Crippen LogP contribution in [0.4, 0.5) is 10.1 Å². The van der Waals surface area contributed by atoms with E-state index in [-0.39, 0.29) is 17.1 Å². The summed E-state index contributed by atoms with van der Waals surface area (Å²) in [5, 5.41) is 13.8. The van der Waals surface area contributed by atoms with Gasteiger partial charge in [0.25, 0.3) is 5.91 Å². The number of rotatable bonds is 3. The zero-order valence-electron chi connectivity index (χ0n) is 10.7. The van der Waals surface area contributed by atoms with Crippen molar-refractivity contribution in [3.05, 3.63) is 63.9 Å². The van der Waals surface area contributed by atoms with E-state index in [1.165, 1.54) is 12.1 Å². The molecule has 0 atom stereocenters. The summed E-state index contributed by atoms with van der Waals surface area (Å²) in [6.45, 7) is 0. The average molecular weight is 352 g/mol. The van der Waals surface area contributed by atoms with Crippen molar-refractivity contribution in [1.82, 2.24) is 0 Å². The predicted molar refractivity (Wildman–Crippen MR) is 81.0 cm³/mol. The molecule has 5 nitrogen and oxygen atoms in total. The highest BCUT2D eigenvalue weighted by Gasteiger charge is 2.13. The van der Waals surface area contributed by atoms with Crippen LogP contribution in [0.5, 0.6) is 0 Å². The van der Waals surface area contributed by atoms with Gasteiger partial charge in [0.2, 0.25) is 0 Å². The lowest BCUT2D eigenvalue weighted by Crippen LogP contribution is -2.16.